The molecule has 0 saturated carbocycles. The predicted molar refractivity (Wildman–Crippen MR) is 104 cm³/mol. The summed E-state index contributed by atoms with van der Waals surface area (Å²) in [6, 6.07) is 15.4. The third-order valence-corrected chi connectivity index (χ3v) is 7.13. The van der Waals surface area contributed by atoms with Crippen LogP contribution in [0, 0.1) is 5.82 Å². The Morgan fingerprint density at radius 3 is 2.33 bits per heavy atom. The zero-order valence-corrected chi connectivity index (χ0v) is 16.1. The molecule has 0 aliphatic rings. The van der Waals surface area contributed by atoms with Crippen LogP contribution in [0.2, 0.25) is 0 Å². The third kappa shape index (κ3) is 4.35. The third-order valence-electron chi connectivity index (χ3n) is 3.97. The van der Waals surface area contributed by atoms with Crippen molar-refractivity contribution in [2.45, 2.75) is 10.8 Å². The number of halogens is 1. The van der Waals surface area contributed by atoms with Crippen molar-refractivity contribution in [1.82, 2.24) is 5.32 Å². The lowest BCUT2D eigenvalue weighted by molar-refractivity contribution is 0.0951. The highest BCUT2D eigenvalue weighted by Crippen LogP contribution is 2.25. The highest BCUT2D eigenvalue weighted by molar-refractivity contribution is 7.94. The number of benzene rings is 2. The molecule has 0 aliphatic heterocycles. The Balaban J connectivity index is 1.67. The number of thiophene rings is 1. The molecule has 3 aromatic rings. The van der Waals surface area contributed by atoms with Gasteiger partial charge in [0.05, 0.1) is 5.69 Å². The van der Waals surface area contributed by atoms with E-state index in [0.29, 0.717) is 11.3 Å². The molecule has 1 N–H and O–H groups in total. The molecule has 27 heavy (non-hydrogen) atoms. The fraction of sp³-hybridized carbons (Fsp3) is 0.105. The maximum absolute atomic E-state index is 12.9. The van der Waals surface area contributed by atoms with Crippen molar-refractivity contribution in [3.63, 3.8) is 0 Å². The minimum atomic E-state index is -3.61. The van der Waals surface area contributed by atoms with Crippen molar-refractivity contribution in [2.24, 2.45) is 0 Å². The summed E-state index contributed by atoms with van der Waals surface area (Å²) in [6.45, 7) is 0.271. The van der Waals surface area contributed by atoms with Crippen LogP contribution in [-0.2, 0) is 16.6 Å². The van der Waals surface area contributed by atoms with Crippen LogP contribution in [0.1, 0.15) is 15.9 Å². The molecule has 2 aromatic carbocycles. The molecule has 1 aromatic heterocycles. The minimum absolute atomic E-state index is 0.256. The molecular formula is C19H17FN2O3S2. The fourth-order valence-corrected chi connectivity index (χ4v) is 4.75. The molecule has 0 radical (unpaired) electrons. The van der Waals surface area contributed by atoms with Crippen molar-refractivity contribution < 1.29 is 17.6 Å². The zero-order valence-electron chi connectivity index (χ0n) is 14.4. The van der Waals surface area contributed by atoms with Gasteiger partial charge in [-0.2, -0.15) is 0 Å². The SMILES string of the molecule is CN(c1ccc(C(=O)NCc2ccc(F)cc2)cc1)S(=O)(=O)c1cccs1. The van der Waals surface area contributed by atoms with Gasteiger partial charge in [0.1, 0.15) is 10.0 Å². The van der Waals surface area contributed by atoms with Crippen LogP contribution >= 0.6 is 11.3 Å². The predicted octanol–water partition coefficient (Wildman–Crippen LogP) is 3.64. The summed E-state index contributed by atoms with van der Waals surface area (Å²) in [5, 5.41) is 4.45. The lowest BCUT2D eigenvalue weighted by atomic mass is 10.1. The number of amides is 1. The molecule has 0 aliphatic carbocycles. The van der Waals surface area contributed by atoms with Gasteiger partial charge < -0.3 is 5.32 Å². The van der Waals surface area contributed by atoms with E-state index >= 15 is 0 Å². The van der Waals surface area contributed by atoms with Gasteiger partial charge in [0, 0.05) is 19.2 Å². The van der Waals surface area contributed by atoms with Crippen molar-refractivity contribution in [3.05, 3.63) is 83.0 Å². The largest absolute Gasteiger partial charge is 0.348 e. The van der Waals surface area contributed by atoms with Gasteiger partial charge in [0.25, 0.3) is 15.9 Å². The van der Waals surface area contributed by atoms with Crippen LogP contribution in [0.4, 0.5) is 10.1 Å². The Kier molecular flexibility index (Phi) is 5.57. The van der Waals surface area contributed by atoms with Crippen LogP contribution < -0.4 is 9.62 Å². The molecule has 0 unspecified atom stereocenters. The molecule has 140 valence electrons. The van der Waals surface area contributed by atoms with Gasteiger partial charge in [-0.15, -0.1) is 11.3 Å². The number of sulfonamides is 1. The second-order valence-corrected chi connectivity index (χ2v) is 8.90. The molecule has 8 heteroatoms. The van der Waals surface area contributed by atoms with E-state index < -0.39 is 10.0 Å². The molecular weight excluding hydrogens is 387 g/mol. The molecule has 0 saturated heterocycles. The highest BCUT2D eigenvalue weighted by atomic mass is 32.2. The summed E-state index contributed by atoms with van der Waals surface area (Å²) in [5.74, 6) is -0.628. The maximum Gasteiger partial charge on any atom is 0.273 e. The van der Waals surface area contributed by atoms with Crippen LogP contribution in [0.25, 0.3) is 0 Å². The number of nitrogens with zero attached hydrogens (tertiary/aromatic N) is 1. The molecule has 0 spiro atoms. The van der Waals surface area contributed by atoms with Crippen LogP contribution in [0.3, 0.4) is 0 Å². The molecule has 1 heterocycles. The first-order valence-corrected chi connectivity index (χ1v) is 10.3. The molecule has 0 atom stereocenters. The normalized spacial score (nSPS) is 11.2. The molecule has 1 amide bonds. The second-order valence-electron chi connectivity index (χ2n) is 5.76. The van der Waals surface area contributed by atoms with Crippen LogP contribution in [-0.4, -0.2) is 21.4 Å². The monoisotopic (exact) mass is 404 g/mol. The van der Waals surface area contributed by atoms with E-state index in [2.05, 4.69) is 5.32 Å². The smallest absolute Gasteiger partial charge is 0.273 e. The first kappa shape index (κ1) is 19.1. The number of nitrogens with one attached hydrogen (secondary N) is 1. The summed E-state index contributed by atoms with van der Waals surface area (Å²) < 4.78 is 39.4. The average Bonchev–Trinajstić information content (AvgIpc) is 3.22. The van der Waals surface area contributed by atoms with E-state index in [4.69, 9.17) is 0 Å². The first-order chi connectivity index (χ1) is 12.9. The van der Waals surface area contributed by atoms with Crippen molar-refractivity contribution in [1.29, 1.82) is 0 Å². The van der Waals surface area contributed by atoms with Crippen molar-refractivity contribution >= 4 is 33.0 Å². The molecule has 0 bridgehead atoms. The average molecular weight is 404 g/mol. The summed E-state index contributed by atoms with van der Waals surface area (Å²) in [7, 11) is -2.14. The van der Waals surface area contributed by atoms with E-state index in [0.717, 1.165) is 16.9 Å². The number of rotatable bonds is 6. The van der Waals surface area contributed by atoms with E-state index in [1.54, 1.807) is 53.9 Å². The van der Waals surface area contributed by atoms with Crippen molar-refractivity contribution in [2.75, 3.05) is 11.4 Å². The number of anilines is 1. The van der Waals surface area contributed by atoms with Gasteiger partial charge in [0.2, 0.25) is 0 Å². The van der Waals surface area contributed by atoms with Gasteiger partial charge in [0.15, 0.2) is 0 Å². The van der Waals surface area contributed by atoms with Gasteiger partial charge in [-0.3, -0.25) is 9.10 Å². The lowest BCUT2D eigenvalue weighted by Gasteiger charge is -2.18. The van der Waals surface area contributed by atoms with Gasteiger partial charge in [-0.1, -0.05) is 18.2 Å². The molecule has 5 nitrogen and oxygen atoms in total. The standard InChI is InChI=1S/C19H17FN2O3S2/c1-22(27(24,25)18-3-2-12-26-18)17-10-6-15(7-11-17)19(23)21-13-14-4-8-16(20)9-5-14/h2-12H,13H2,1H3,(H,21,23). The molecule has 3 rings (SSSR count). The number of hydrogen-bond donors (Lipinski definition) is 1. The Bertz CT molecular complexity index is 1020. The van der Waals surface area contributed by atoms with Crippen molar-refractivity contribution in [3.8, 4) is 0 Å². The summed E-state index contributed by atoms with van der Waals surface area (Å²) in [6.07, 6.45) is 0. The van der Waals surface area contributed by atoms with Crippen LogP contribution in [0.15, 0.2) is 70.3 Å². The van der Waals surface area contributed by atoms with E-state index in [9.17, 15) is 17.6 Å². The Morgan fingerprint density at radius 1 is 1.07 bits per heavy atom. The highest BCUT2D eigenvalue weighted by Gasteiger charge is 2.22. The fourth-order valence-electron chi connectivity index (χ4n) is 2.39. The topological polar surface area (TPSA) is 66.5 Å². The maximum atomic E-state index is 12.9. The summed E-state index contributed by atoms with van der Waals surface area (Å²) >= 11 is 1.15. The summed E-state index contributed by atoms with van der Waals surface area (Å²) in [4.78, 5) is 12.2. The Morgan fingerprint density at radius 2 is 1.74 bits per heavy atom. The van der Waals surface area contributed by atoms with E-state index in [1.165, 1.54) is 23.5 Å². The number of carbonyl (C=O) groups excluding carboxylic acids is 1. The molecule has 0 fully saturated rings. The van der Waals surface area contributed by atoms with Gasteiger partial charge in [-0.25, -0.2) is 12.8 Å². The summed E-state index contributed by atoms with van der Waals surface area (Å²) in [5.41, 5.74) is 1.64. The zero-order chi connectivity index (χ0) is 19.4. The minimum Gasteiger partial charge on any atom is -0.348 e. The first-order valence-electron chi connectivity index (χ1n) is 8.03. The van der Waals surface area contributed by atoms with Gasteiger partial charge in [-0.05, 0) is 53.4 Å². The quantitative estimate of drug-likeness (QED) is 0.682. The Labute approximate surface area is 161 Å². The second kappa shape index (κ2) is 7.89. The number of hydrogen-bond acceptors (Lipinski definition) is 4. The number of carbonyl (C=O) groups is 1. The van der Waals surface area contributed by atoms with Gasteiger partial charge >= 0.3 is 0 Å². The lowest BCUT2D eigenvalue weighted by Crippen LogP contribution is -2.26. The van der Waals surface area contributed by atoms with Crippen LogP contribution in [0.5, 0.6) is 0 Å². The van der Waals surface area contributed by atoms with E-state index in [1.807, 2.05) is 0 Å². The van der Waals surface area contributed by atoms with E-state index in [-0.39, 0.29) is 22.5 Å². The Hall–Kier alpha value is -2.71.